The lowest BCUT2D eigenvalue weighted by Crippen LogP contribution is -2.65. The monoisotopic (exact) mass is 239 g/mol. The highest BCUT2D eigenvalue weighted by atomic mass is 17.2. The number of rotatable bonds is 7. The summed E-state index contributed by atoms with van der Waals surface area (Å²) in [5.41, 5.74) is 0. The Morgan fingerprint density at radius 3 is 1.56 bits per heavy atom. The van der Waals surface area contributed by atoms with E-state index in [0.717, 1.165) is 0 Å². The van der Waals surface area contributed by atoms with Gasteiger partial charge in [0.1, 0.15) is 40.4 Å². The molecule has 0 spiro atoms. The molecule has 0 aromatic heterocycles. The molecular weight excluding hydrogens is 214 g/mol. The lowest BCUT2D eigenvalue weighted by Gasteiger charge is -2.38. The maximum Gasteiger partial charge on any atom is 0.339 e. The van der Waals surface area contributed by atoms with Crippen LogP contribution in [0.25, 0.3) is 0 Å². The molecule has 0 fully saturated rings. The molecule has 0 N–H and O–H groups in total. The fourth-order valence-electron chi connectivity index (χ4n) is 1.51. The molecular formula is C9H25N3O4+2. The average Bonchev–Trinajstić information content (AvgIpc) is 2.19. The summed E-state index contributed by atoms with van der Waals surface area (Å²) in [5.74, 6) is 0. The second-order valence-corrected chi connectivity index (χ2v) is 4.05. The highest BCUT2D eigenvalue weighted by molar-refractivity contribution is 4.19. The topological polar surface area (TPSA) is 40.2 Å². The molecule has 0 aliphatic carbocycles. The van der Waals surface area contributed by atoms with Crippen molar-refractivity contribution in [3.8, 4) is 0 Å². The van der Waals surface area contributed by atoms with E-state index in [-0.39, 0.29) is 10.8 Å². The Balaban J connectivity index is 4.91. The van der Waals surface area contributed by atoms with Gasteiger partial charge < -0.3 is 0 Å². The second-order valence-electron chi connectivity index (χ2n) is 4.05. The van der Waals surface area contributed by atoms with E-state index in [1.54, 1.807) is 5.06 Å². The molecule has 7 heteroatoms. The van der Waals surface area contributed by atoms with Crippen LogP contribution in [0.5, 0.6) is 0 Å². The van der Waals surface area contributed by atoms with Crippen LogP contribution in [0.15, 0.2) is 0 Å². The first kappa shape index (κ1) is 15.7. The summed E-state index contributed by atoms with van der Waals surface area (Å²) in [7, 11) is 11.9. The van der Waals surface area contributed by atoms with Gasteiger partial charge in [0.05, 0.1) is 6.92 Å². The molecule has 16 heavy (non-hydrogen) atoms. The Bertz CT molecular complexity index is 199. The Morgan fingerprint density at radius 1 is 0.938 bits per heavy atom. The minimum Gasteiger partial charge on any atom is -0.141 e. The Labute approximate surface area is 97.6 Å². The molecule has 0 rings (SSSR count). The smallest absolute Gasteiger partial charge is 0.141 e. The van der Waals surface area contributed by atoms with E-state index in [2.05, 4.69) is 0 Å². The largest absolute Gasteiger partial charge is 0.339 e. The summed E-state index contributed by atoms with van der Waals surface area (Å²) in [5, 5.41) is 1.62. The van der Waals surface area contributed by atoms with E-state index in [9.17, 15) is 0 Å². The molecule has 0 saturated carbocycles. The number of hydrogen-bond acceptors (Lipinski definition) is 5. The van der Waals surface area contributed by atoms with Crippen LogP contribution in [0.1, 0.15) is 6.92 Å². The summed E-state index contributed by atoms with van der Waals surface area (Å²) in [6.45, 7) is 1.90. The summed E-state index contributed by atoms with van der Waals surface area (Å²) in [6.07, 6.45) is -0.248. The first-order valence-corrected chi connectivity index (χ1v) is 5.02. The fraction of sp³-hybridized carbons (Fsp3) is 1.00. The second kappa shape index (κ2) is 5.87. The molecule has 0 bridgehead atoms. The maximum absolute atomic E-state index is 5.63. The van der Waals surface area contributed by atoms with Crippen LogP contribution < -0.4 is 0 Å². The van der Waals surface area contributed by atoms with Gasteiger partial charge in [-0.15, -0.1) is 29.2 Å². The third kappa shape index (κ3) is 3.36. The van der Waals surface area contributed by atoms with Gasteiger partial charge in [0.25, 0.3) is 0 Å². The minimum absolute atomic E-state index is 0.183. The van der Waals surface area contributed by atoms with Gasteiger partial charge >= 0.3 is 6.17 Å². The molecule has 0 aliphatic heterocycles. The van der Waals surface area contributed by atoms with Gasteiger partial charge in [0.15, 0.2) is 0 Å². The van der Waals surface area contributed by atoms with Gasteiger partial charge in [-0.3, -0.25) is 0 Å². The Kier molecular flexibility index (Phi) is 5.77. The predicted octanol–water partition coefficient (Wildman–Crippen LogP) is 0.318. The lowest BCUT2D eigenvalue weighted by atomic mass is 10.5. The molecule has 0 saturated heterocycles. The van der Waals surface area contributed by atoms with Gasteiger partial charge in [-0.25, -0.2) is 0 Å². The van der Waals surface area contributed by atoms with Crippen molar-refractivity contribution in [2.24, 2.45) is 0 Å². The third-order valence-corrected chi connectivity index (χ3v) is 2.49. The zero-order valence-electron chi connectivity index (χ0n) is 11.6. The first-order valence-electron chi connectivity index (χ1n) is 5.02. The number of hydroxylamine groups is 8. The van der Waals surface area contributed by atoms with Crippen molar-refractivity contribution in [2.45, 2.75) is 13.1 Å². The van der Waals surface area contributed by atoms with Crippen molar-refractivity contribution in [2.75, 3.05) is 49.5 Å². The van der Waals surface area contributed by atoms with Crippen LogP contribution in [0.3, 0.4) is 0 Å². The van der Waals surface area contributed by atoms with E-state index in [1.165, 1.54) is 21.3 Å². The van der Waals surface area contributed by atoms with Gasteiger partial charge in [-0.2, -0.15) is 0 Å². The molecule has 0 aromatic rings. The van der Waals surface area contributed by atoms with Gasteiger partial charge in [-0.05, 0) is 0 Å². The summed E-state index contributed by atoms with van der Waals surface area (Å²) < 4.78 is 0.183. The molecule has 98 valence electrons. The van der Waals surface area contributed by atoms with Gasteiger partial charge in [0, 0.05) is 14.1 Å². The minimum atomic E-state index is -0.416. The van der Waals surface area contributed by atoms with E-state index < -0.39 is 4.97 Å². The van der Waals surface area contributed by atoms with Crippen molar-refractivity contribution in [3.05, 3.63) is 0 Å². The van der Waals surface area contributed by atoms with E-state index in [0.29, 0.717) is 0 Å². The van der Waals surface area contributed by atoms with Crippen LogP contribution in [-0.4, -0.2) is 70.4 Å². The Hall–Kier alpha value is -0.280. The fourth-order valence-corrected chi connectivity index (χ4v) is 1.51. The molecule has 0 amide bonds. The van der Waals surface area contributed by atoms with Crippen molar-refractivity contribution >= 4 is 0 Å². The van der Waals surface area contributed by atoms with Crippen molar-refractivity contribution in [1.29, 1.82) is 0 Å². The molecule has 0 heterocycles. The highest BCUT2D eigenvalue weighted by Crippen LogP contribution is 2.22. The van der Waals surface area contributed by atoms with Crippen molar-refractivity contribution in [3.63, 3.8) is 0 Å². The summed E-state index contributed by atoms with van der Waals surface area (Å²) >= 11 is 0. The van der Waals surface area contributed by atoms with Gasteiger partial charge in [0.2, 0.25) is 0 Å². The molecule has 0 radical (unpaired) electrons. The molecule has 0 aromatic carbocycles. The first-order chi connectivity index (χ1) is 7.25. The zero-order chi connectivity index (χ0) is 13.0. The predicted molar refractivity (Wildman–Crippen MR) is 57.6 cm³/mol. The summed E-state index contributed by atoms with van der Waals surface area (Å²) in [6, 6.07) is 0. The maximum atomic E-state index is 5.63. The van der Waals surface area contributed by atoms with E-state index in [1.807, 2.05) is 35.1 Å². The van der Waals surface area contributed by atoms with Crippen LogP contribution >= 0.6 is 0 Å². The molecule has 1 atom stereocenters. The molecule has 7 nitrogen and oxygen atoms in total. The van der Waals surface area contributed by atoms with E-state index >= 15 is 0 Å². The highest BCUT2D eigenvalue weighted by Gasteiger charge is 2.52. The number of quaternary nitrogens is 2. The molecule has 0 aliphatic rings. The van der Waals surface area contributed by atoms with Gasteiger partial charge in [-0.1, -0.05) is 0 Å². The average molecular weight is 239 g/mol. The Morgan fingerprint density at radius 2 is 1.31 bits per heavy atom. The quantitative estimate of drug-likeness (QED) is 0.363. The van der Waals surface area contributed by atoms with Crippen molar-refractivity contribution in [1.82, 2.24) is 5.06 Å². The van der Waals surface area contributed by atoms with E-state index in [4.69, 9.17) is 19.5 Å². The van der Waals surface area contributed by atoms with Crippen molar-refractivity contribution < 1.29 is 29.1 Å². The zero-order valence-corrected chi connectivity index (χ0v) is 11.6. The number of nitrogens with zero attached hydrogens (tertiary/aromatic N) is 3. The summed E-state index contributed by atoms with van der Waals surface area (Å²) in [4.78, 5) is 20.9. The molecule has 1 unspecified atom stereocenters. The lowest BCUT2D eigenvalue weighted by molar-refractivity contribution is -1.44. The van der Waals surface area contributed by atoms with Crippen LogP contribution in [0, 0.1) is 0 Å². The van der Waals surface area contributed by atoms with Crippen LogP contribution in [-0.2, 0) is 19.5 Å². The van der Waals surface area contributed by atoms with Crippen LogP contribution in [0.2, 0.25) is 0 Å². The van der Waals surface area contributed by atoms with Crippen LogP contribution in [0.4, 0.5) is 0 Å². The standard InChI is InChI=1S/C9H25N3O4/c1-9(11(4,5)16-10(2)3)12(13-6,14-7)15-8/h9H,1-8H3/q+2. The third-order valence-electron chi connectivity index (χ3n) is 2.49. The normalized spacial score (nSPS) is 15.6. The SMILES string of the molecule is CO[N+](OC)(OC)C(C)[N+](C)(C)ON(C)C. The number of hydrogen-bond donors (Lipinski definition) is 0.